The molecule has 2 rings (SSSR count). The van der Waals surface area contributed by atoms with Gasteiger partial charge in [-0.25, -0.2) is 4.98 Å². The zero-order valence-corrected chi connectivity index (χ0v) is 13.7. The van der Waals surface area contributed by atoms with Crippen molar-refractivity contribution in [2.24, 2.45) is 0 Å². The van der Waals surface area contributed by atoms with Gasteiger partial charge in [0.15, 0.2) is 0 Å². The first-order valence-electron chi connectivity index (χ1n) is 7.97. The first-order valence-corrected chi connectivity index (χ1v) is 7.97. The monoisotopic (exact) mass is 359 g/mol. The lowest BCUT2D eigenvalue weighted by Crippen LogP contribution is -2.44. The van der Waals surface area contributed by atoms with Crippen LogP contribution in [0.1, 0.15) is 38.2 Å². The average Bonchev–Trinajstić information content (AvgIpc) is 2.54. The van der Waals surface area contributed by atoms with E-state index < -0.39 is 11.7 Å². The topological polar surface area (TPSA) is 80.3 Å². The summed E-state index contributed by atoms with van der Waals surface area (Å²) in [6, 6.07) is 2.15. The van der Waals surface area contributed by atoms with Crippen molar-refractivity contribution in [2.45, 2.75) is 50.9 Å². The van der Waals surface area contributed by atoms with Crippen LogP contribution in [0.4, 0.5) is 13.2 Å². The Morgan fingerprint density at radius 1 is 1.24 bits per heavy atom. The largest absolute Gasteiger partial charge is 0.474 e. The average molecular weight is 359 g/mol. The van der Waals surface area contributed by atoms with E-state index >= 15 is 0 Å². The summed E-state index contributed by atoms with van der Waals surface area (Å²) < 4.78 is 43.1. The van der Waals surface area contributed by atoms with Gasteiger partial charge in [-0.05, 0) is 31.7 Å². The molecule has 0 saturated heterocycles. The molecule has 2 amide bonds. The fraction of sp³-hybridized carbons (Fsp3) is 0.562. The summed E-state index contributed by atoms with van der Waals surface area (Å²) in [5, 5.41) is 5.26. The molecule has 0 radical (unpaired) electrons. The number of pyridine rings is 1. The molecule has 1 aliphatic carbocycles. The molecule has 0 spiro atoms. The minimum absolute atomic E-state index is 0.00155. The molecule has 1 aromatic heterocycles. The Kier molecular flexibility index (Phi) is 6.22. The number of ether oxygens (including phenoxy) is 1. The van der Waals surface area contributed by atoms with Gasteiger partial charge in [0.05, 0.1) is 12.1 Å². The van der Waals surface area contributed by atoms with Crippen LogP contribution in [-0.2, 0) is 15.8 Å². The van der Waals surface area contributed by atoms with E-state index in [4.69, 9.17) is 4.74 Å². The second-order valence-electron chi connectivity index (χ2n) is 5.95. The number of halogens is 3. The van der Waals surface area contributed by atoms with Crippen molar-refractivity contribution in [2.75, 3.05) is 6.54 Å². The van der Waals surface area contributed by atoms with E-state index in [9.17, 15) is 22.8 Å². The maximum atomic E-state index is 12.5. The number of carbonyl (C=O) groups is 2. The van der Waals surface area contributed by atoms with Gasteiger partial charge in [-0.15, -0.1) is 0 Å². The highest BCUT2D eigenvalue weighted by molar-refractivity contribution is 5.83. The quantitative estimate of drug-likeness (QED) is 0.843. The Balaban J connectivity index is 1.75. The van der Waals surface area contributed by atoms with Crippen LogP contribution in [0.5, 0.6) is 5.88 Å². The minimum Gasteiger partial charge on any atom is -0.474 e. The first kappa shape index (κ1) is 19.0. The van der Waals surface area contributed by atoms with Gasteiger partial charge in [-0.2, -0.15) is 13.2 Å². The summed E-state index contributed by atoms with van der Waals surface area (Å²) in [6.45, 7) is 1.28. The molecule has 25 heavy (non-hydrogen) atoms. The highest BCUT2D eigenvalue weighted by Crippen LogP contribution is 2.30. The molecule has 0 bridgehead atoms. The summed E-state index contributed by atoms with van der Waals surface area (Å²) in [7, 11) is 0. The Hall–Kier alpha value is -2.32. The number of hydrogen-bond donors (Lipinski definition) is 2. The maximum Gasteiger partial charge on any atom is 0.417 e. The van der Waals surface area contributed by atoms with Crippen LogP contribution in [0.25, 0.3) is 0 Å². The summed E-state index contributed by atoms with van der Waals surface area (Å²) >= 11 is 0. The Bertz CT molecular complexity index is 597. The normalized spacial score (nSPS) is 20.6. The first-order chi connectivity index (χ1) is 11.7. The van der Waals surface area contributed by atoms with Crippen LogP contribution in [-0.4, -0.2) is 35.5 Å². The second kappa shape index (κ2) is 8.17. The van der Waals surface area contributed by atoms with E-state index in [1.54, 1.807) is 0 Å². The molecular formula is C16H20F3N3O3. The molecule has 0 aromatic carbocycles. The van der Waals surface area contributed by atoms with Crippen LogP contribution in [0.3, 0.4) is 0 Å². The zero-order chi connectivity index (χ0) is 18.4. The van der Waals surface area contributed by atoms with Crippen LogP contribution in [0, 0.1) is 0 Å². The van der Waals surface area contributed by atoms with Crippen LogP contribution in [0.15, 0.2) is 18.3 Å². The maximum absolute atomic E-state index is 12.5. The smallest absolute Gasteiger partial charge is 0.417 e. The summed E-state index contributed by atoms with van der Waals surface area (Å²) in [5.74, 6) is -0.355. The van der Waals surface area contributed by atoms with Gasteiger partial charge in [-0.3, -0.25) is 9.59 Å². The van der Waals surface area contributed by atoms with E-state index in [1.807, 2.05) is 0 Å². The third kappa shape index (κ3) is 6.24. The Morgan fingerprint density at radius 3 is 2.44 bits per heavy atom. The number of carbonyl (C=O) groups excluding carboxylic acids is 2. The third-order valence-corrected chi connectivity index (χ3v) is 3.89. The SMILES string of the molecule is CC(=O)NCC(=O)NC1CCC(Oc2ccc(C(F)(F)F)cn2)CC1. The van der Waals surface area contributed by atoms with Crippen LogP contribution >= 0.6 is 0 Å². The number of nitrogens with one attached hydrogen (secondary N) is 2. The molecule has 1 aliphatic rings. The summed E-state index contributed by atoms with van der Waals surface area (Å²) in [4.78, 5) is 26.1. The number of alkyl halides is 3. The molecule has 9 heteroatoms. The van der Waals surface area contributed by atoms with Crippen molar-refractivity contribution in [1.29, 1.82) is 0 Å². The summed E-state index contributed by atoms with van der Waals surface area (Å²) in [6.07, 6.45) is -1.11. The van der Waals surface area contributed by atoms with Gasteiger partial charge in [0, 0.05) is 25.2 Å². The number of hydrogen-bond acceptors (Lipinski definition) is 4. The van der Waals surface area contributed by atoms with Gasteiger partial charge in [0.2, 0.25) is 17.7 Å². The zero-order valence-electron chi connectivity index (χ0n) is 13.7. The van der Waals surface area contributed by atoms with Gasteiger partial charge < -0.3 is 15.4 Å². The van der Waals surface area contributed by atoms with Gasteiger partial charge >= 0.3 is 6.18 Å². The summed E-state index contributed by atoms with van der Waals surface area (Å²) in [5.41, 5.74) is -0.814. The molecule has 1 heterocycles. The molecule has 2 N–H and O–H groups in total. The third-order valence-electron chi connectivity index (χ3n) is 3.89. The van der Waals surface area contributed by atoms with E-state index in [1.165, 1.54) is 13.0 Å². The van der Waals surface area contributed by atoms with Gasteiger partial charge in [-0.1, -0.05) is 0 Å². The molecule has 0 aliphatic heterocycles. The number of amides is 2. The molecule has 6 nitrogen and oxygen atoms in total. The predicted molar refractivity (Wildman–Crippen MR) is 82.7 cm³/mol. The van der Waals surface area contributed by atoms with E-state index in [-0.39, 0.29) is 36.4 Å². The van der Waals surface area contributed by atoms with E-state index in [2.05, 4.69) is 15.6 Å². The lowest BCUT2D eigenvalue weighted by atomic mass is 9.93. The standard InChI is InChI=1S/C16H20F3N3O3/c1-10(23)20-9-14(24)22-12-3-5-13(6-4-12)25-15-7-2-11(8-21-15)16(17,18)19/h2,7-8,12-13H,3-6,9H2,1H3,(H,20,23)(H,22,24). The van der Waals surface area contributed by atoms with Gasteiger partial charge in [0.1, 0.15) is 6.10 Å². The number of rotatable bonds is 5. The van der Waals surface area contributed by atoms with E-state index in [0.29, 0.717) is 25.7 Å². The van der Waals surface area contributed by atoms with Gasteiger partial charge in [0.25, 0.3) is 0 Å². The lowest BCUT2D eigenvalue weighted by Gasteiger charge is -2.29. The molecule has 1 aromatic rings. The highest BCUT2D eigenvalue weighted by Gasteiger charge is 2.31. The van der Waals surface area contributed by atoms with Crippen LogP contribution < -0.4 is 15.4 Å². The Labute approximate surface area is 143 Å². The van der Waals surface area contributed by atoms with Crippen molar-refractivity contribution in [3.63, 3.8) is 0 Å². The minimum atomic E-state index is -4.42. The molecule has 1 saturated carbocycles. The Morgan fingerprint density at radius 2 is 1.92 bits per heavy atom. The molecule has 0 atom stereocenters. The molecule has 0 unspecified atom stereocenters. The fourth-order valence-electron chi connectivity index (χ4n) is 2.60. The molecule has 1 fully saturated rings. The van der Waals surface area contributed by atoms with Crippen molar-refractivity contribution >= 4 is 11.8 Å². The van der Waals surface area contributed by atoms with Crippen LogP contribution in [0.2, 0.25) is 0 Å². The lowest BCUT2D eigenvalue weighted by molar-refractivity contribution is -0.137. The number of aromatic nitrogens is 1. The van der Waals surface area contributed by atoms with Crippen molar-refractivity contribution in [1.82, 2.24) is 15.6 Å². The van der Waals surface area contributed by atoms with Crippen molar-refractivity contribution in [3.8, 4) is 5.88 Å². The van der Waals surface area contributed by atoms with Crippen molar-refractivity contribution < 1.29 is 27.5 Å². The van der Waals surface area contributed by atoms with E-state index in [0.717, 1.165) is 12.3 Å². The molecular weight excluding hydrogens is 339 g/mol. The predicted octanol–water partition coefficient (Wildman–Crippen LogP) is 2.04. The fourth-order valence-corrected chi connectivity index (χ4v) is 2.60. The highest BCUT2D eigenvalue weighted by atomic mass is 19.4. The molecule has 138 valence electrons. The number of nitrogens with zero attached hydrogens (tertiary/aromatic N) is 1. The second-order valence-corrected chi connectivity index (χ2v) is 5.95. The van der Waals surface area contributed by atoms with Crippen molar-refractivity contribution in [3.05, 3.63) is 23.9 Å².